The third-order valence-electron chi connectivity index (χ3n) is 1.17. The van der Waals surface area contributed by atoms with Gasteiger partial charge in [0.15, 0.2) is 0 Å². The van der Waals surface area contributed by atoms with E-state index in [0.29, 0.717) is 0 Å². The Morgan fingerprint density at radius 1 is 1.10 bits per heavy atom. The van der Waals surface area contributed by atoms with Gasteiger partial charge in [0, 0.05) is 5.57 Å². The van der Waals surface area contributed by atoms with Crippen molar-refractivity contribution in [3.05, 3.63) is 53.4 Å². The van der Waals surface area contributed by atoms with Crippen LogP contribution in [0.25, 0.3) is 0 Å². The number of allylic oxidation sites excluding steroid dienone is 7. The first-order valence-electron chi connectivity index (χ1n) is 3.10. The monoisotopic (exact) mass is 135 g/mol. The Labute approximate surface area is 59.8 Å². The fraction of sp³-hybridized carbons (Fsp3) is 0. The molecule has 0 aromatic carbocycles. The van der Waals surface area contributed by atoms with Crippen LogP contribution in [0.2, 0.25) is 0 Å². The van der Waals surface area contributed by atoms with Crippen LogP contribution in [0.1, 0.15) is 0 Å². The molecule has 1 aliphatic rings. The Morgan fingerprint density at radius 3 is 2.20 bits per heavy atom. The molecule has 2 nitrogen and oxygen atoms in total. The number of rotatable bonds is 1. The van der Waals surface area contributed by atoms with Crippen molar-refractivity contribution in [2.75, 3.05) is 0 Å². The van der Waals surface area contributed by atoms with E-state index in [0.717, 1.165) is 11.1 Å². The molecule has 1 aliphatic carbocycles. The molecule has 10 heavy (non-hydrogen) atoms. The molecule has 0 saturated heterocycles. The number of nitrogens with two attached hydrogens (primary N) is 1. The summed E-state index contributed by atoms with van der Waals surface area (Å²) in [7, 11) is 0. The van der Waals surface area contributed by atoms with Crippen molar-refractivity contribution in [3.63, 3.8) is 0 Å². The summed E-state index contributed by atoms with van der Waals surface area (Å²) in [6, 6.07) is 0. The standard InChI is InChI=1S/C8H9NO/c10-9-7-8-5-3-1-2-4-6-8/h1-7H,9H2. The number of hydroxylamine groups is 1. The summed E-state index contributed by atoms with van der Waals surface area (Å²) >= 11 is 0. The molecule has 1 rings (SSSR count). The smallest absolute Gasteiger partial charge is 0.0999 e. The molecule has 0 unspecified atom stereocenters. The number of hydrogen-bond donors (Lipinski definition) is 1. The average Bonchev–Trinajstić information content (AvgIpc) is 2.17. The van der Waals surface area contributed by atoms with Crippen LogP contribution >= 0.6 is 0 Å². The number of quaternary nitrogens is 1. The Hall–Kier alpha value is -1.12. The van der Waals surface area contributed by atoms with Crippen LogP contribution in [0.3, 0.4) is 0 Å². The van der Waals surface area contributed by atoms with Crippen molar-refractivity contribution in [2.24, 2.45) is 0 Å². The molecule has 0 bridgehead atoms. The minimum Gasteiger partial charge on any atom is -0.631 e. The molecule has 2 heteroatoms. The van der Waals surface area contributed by atoms with Gasteiger partial charge in [0.05, 0.1) is 6.20 Å². The highest BCUT2D eigenvalue weighted by Gasteiger charge is 1.85. The van der Waals surface area contributed by atoms with Gasteiger partial charge < -0.3 is 10.7 Å². The highest BCUT2D eigenvalue weighted by Crippen LogP contribution is 2.00. The summed E-state index contributed by atoms with van der Waals surface area (Å²) < 4.78 is 0. The normalized spacial score (nSPS) is 15.5. The first-order valence-corrected chi connectivity index (χ1v) is 3.10. The third-order valence-corrected chi connectivity index (χ3v) is 1.17. The van der Waals surface area contributed by atoms with Gasteiger partial charge in [-0.15, -0.1) is 0 Å². The van der Waals surface area contributed by atoms with Gasteiger partial charge in [-0.2, -0.15) is 0 Å². The van der Waals surface area contributed by atoms with Gasteiger partial charge in [-0.1, -0.05) is 24.3 Å². The maximum absolute atomic E-state index is 10.0. The largest absolute Gasteiger partial charge is 0.631 e. The van der Waals surface area contributed by atoms with Crippen molar-refractivity contribution in [3.8, 4) is 0 Å². The van der Waals surface area contributed by atoms with Crippen LogP contribution in [-0.4, -0.2) is 0 Å². The summed E-state index contributed by atoms with van der Waals surface area (Å²) in [5.74, 6) is 0. The van der Waals surface area contributed by atoms with Crippen LogP contribution in [0.4, 0.5) is 0 Å². The van der Waals surface area contributed by atoms with Gasteiger partial charge in [-0.05, 0) is 12.2 Å². The first-order chi connectivity index (χ1) is 4.93. The molecular formula is C8H9NO. The van der Waals surface area contributed by atoms with E-state index in [-0.39, 0.29) is 0 Å². The van der Waals surface area contributed by atoms with Crippen LogP contribution in [0.5, 0.6) is 0 Å². The second kappa shape index (κ2) is 3.82. The lowest BCUT2D eigenvalue weighted by atomic mass is 10.2. The van der Waals surface area contributed by atoms with Crippen molar-refractivity contribution in [2.45, 2.75) is 0 Å². The van der Waals surface area contributed by atoms with E-state index >= 15 is 0 Å². The van der Waals surface area contributed by atoms with Gasteiger partial charge >= 0.3 is 0 Å². The average molecular weight is 135 g/mol. The maximum Gasteiger partial charge on any atom is 0.0999 e. The molecule has 0 spiro atoms. The van der Waals surface area contributed by atoms with E-state index in [4.69, 9.17) is 0 Å². The lowest BCUT2D eigenvalue weighted by molar-refractivity contribution is -0.515. The van der Waals surface area contributed by atoms with Gasteiger partial charge in [0.2, 0.25) is 0 Å². The van der Waals surface area contributed by atoms with Crippen LogP contribution < -0.4 is 5.48 Å². The Bertz CT molecular complexity index is 193. The fourth-order valence-corrected chi connectivity index (χ4v) is 0.707. The zero-order valence-electron chi connectivity index (χ0n) is 5.53. The topological polar surface area (TPSA) is 39.7 Å². The van der Waals surface area contributed by atoms with E-state index in [1.807, 2.05) is 36.5 Å². The molecule has 0 aliphatic heterocycles. The maximum atomic E-state index is 10.0. The minimum atomic E-state index is 0.787. The van der Waals surface area contributed by atoms with Gasteiger partial charge in [-0.25, -0.2) is 0 Å². The van der Waals surface area contributed by atoms with Crippen LogP contribution in [-0.2, 0) is 0 Å². The summed E-state index contributed by atoms with van der Waals surface area (Å²) in [6.45, 7) is 0. The van der Waals surface area contributed by atoms with Crippen molar-refractivity contribution >= 4 is 0 Å². The van der Waals surface area contributed by atoms with Crippen molar-refractivity contribution in [1.82, 2.24) is 0 Å². The lowest BCUT2D eigenvalue weighted by Gasteiger charge is -1.92. The summed E-state index contributed by atoms with van der Waals surface area (Å²) in [5.41, 5.74) is 1.72. The number of hydrogen-bond acceptors (Lipinski definition) is 1. The molecule has 0 heterocycles. The van der Waals surface area contributed by atoms with E-state index in [1.165, 1.54) is 6.20 Å². The molecule has 0 atom stereocenters. The zero-order chi connectivity index (χ0) is 7.23. The van der Waals surface area contributed by atoms with Gasteiger partial charge in [0.25, 0.3) is 0 Å². The molecule has 0 aromatic rings. The van der Waals surface area contributed by atoms with Gasteiger partial charge in [-0.3, -0.25) is 0 Å². The van der Waals surface area contributed by atoms with Crippen LogP contribution in [0.15, 0.2) is 48.2 Å². The molecule has 0 aromatic heterocycles. The summed E-state index contributed by atoms with van der Waals surface area (Å²) in [6.07, 6.45) is 12.9. The van der Waals surface area contributed by atoms with E-state index in [2.05, 4.69) is 0 Å². The highest BCUT2D eigenvalue weighted by atomic mass is 16.5. The van der Waals surface area contributed by atoms with E-state index in [1.54, 1.807) is 0 Å². The Morgan fingerprint density at radius 2 is 1.70 bits per heavy atom. The Balaban J connectivity index is 2.72. The first kappa shape index (κ1) is 6.99. The quantitative estimate of drug-likeness (QED) is 0.526. The Kier molecular flexibility index (Phi) is 2.67. The zero-order valence-corrected chi connectivity index (χ0v) is 5.53. The van der Waals surface area contributed by atoms with E-state index in [9.17, 15) is 5.21 Å². The molecular weight excluding hydrogens is 126 g/mol. The molecule has 0 radical (unpaired) electrons. The molecule has 0 fully saturated rings. The predicted octanol–water partition coefficient (Wildman–Crippen LogP) is 0.614. The summed E-state index contributed by atoms with van der Waals surface area (Å²) in [4.78, 5) is 0. The van der Waals surface area contributed by atoms with Crippen molar-refractivity contribution in [1.29, 1.82) is 0 Å². The SMILES string of the molecule is [O-][NH2+]C=C1C=CC=CC=C1. The fourth-order valence-electron chi connectivity index (χ4n) is 0.707. The highest BCUT2D eigenvalue weighted by molar-refractivity contribution is 5.35. The minimum absolute atomic E-state index is 0.787. The molecule has 2 N–H and O–H groups in total. The van der Waals surface area contributed by atoms with Crippen LogP contribution in [0, 0.1) is 5.21 Å². The van der Waals surface area contributed by atoms with Crippen molar-refractivity contribution < 1.29 is 5.48 Å². The molecule has 0 amide bonds. The van der Waals surface area contributed by atoms with Gasteiger partial charge in [0.1, 0.15) is 0 Å². The molecule has 0 saturated carbocycles. The lowest BCUT2D eigenvalue weighted by Crippen LogP contribution is -2.70. The predicted molar refractivity (Wildman–Crippen MR) is 40.8 cm³/mol. The second-order valence-corrected chi connectivity index (χ2v) is 1.91. The van der Waals surface area contributed by atoms with E-state index < -0.39 is 0 Å². The second-order valence-electron chi connectivity index (χ2n) is 1.91. The summed E-state index contributed by atoms with van der Waals surface area (Å²) in [5, 5.41) is 10.0. The third kappa shape index (κ3) is 2.01. The molecule has 52 valence electrons.